The molecule has 68 heavy (non-hydrogen) atoms. The Kier molecular flexibility index (Phi) is 15.6. The average Bonchev–Trinajstić information content (AvgIpc) is 3.59. The maximum absolute atomic E-state index is 13.9. The van der Waals surface area contributed by atoms with Crippen LogP contribution in [0.15, 0.2) is 105 Å². The first-order valence-electron chi connectivity index (χ1n) is 20.9. The van der Waals surface area contributed by atoms with E-state index in [9.17, 15) is 57.4 Å². The summed E-state index contributed by atoms with van der Waals surface area (Å²) in [5, 5.41) is 23.9. The number of hydrogen-bond acceptors (Lipinski definition) is 17. The molecule has 0 bridgehead atoms. The van der Waals surface area contributed by atoms with Crippen molar-refractivity contribution >= 4 is 97.0 Å². The summed E-state index contributed by atoms with van der Waals surface area (Å²) in [7, 11) is -17.7. The van der Waals surface area contributed by atoms with Crippen molar-refractivity contribution in [3.8, 4) is 0 Å². The highest BCUT2D eigenvalue weighted by Gasteiger charge is 2.46. The minimum absolute atomic E-state index is 0.0183. The third-order valence-corrected chi connectivity index (χ3v) is 17.0. The van der Waals surface area contributed by atoms with Gasteiger partial charge in [0, 0.05) is 102 Å². The Morgan fingerprint density at radius 1 is 0.809 bits per heavy atom. The van der Waals surface area contributed by atoms with E-state index in [1.807, 2.05) is 29.4 Å². The predicted molar refractivity (Wildman–Crippen MR) is 248 cm³/mol. The van der Waals surface area contributed by atoms with Gasteiger partial charge in [-0.3, -0.25) is 9.83 Å². The molecule has 0 amide bonds. The molecule has 0 unspecified atom stereocenters. The fourth-order valence-corrected chi connectivity index (χ4v) is 12.7. The number of sulfonamides is 1. The lowest BCUT2D eigenvalue weighted by Gasteiger charge is -2.27. The number of rotatable bonds is 21. The van der Waals surface area contributed by atoms with E-state index in [1.54, 1.807) is 68.5 Å². The predicted octanol–water partition coefficient (Wildman–Crippen LogP) is 4.65. The van der Waals surface area contributed by atoms with Gasteiger partial charge >= 0.3 is 5.97 Å². The highest BCUT2D eigenvalue weighted by molar-refractivity contribution is 7.94. The van der Waals surface area contributed by atoms with Gasteiger partial charge in [-0.15, -0.1) is 0 Å². The number of aliphatic carboxylic acids is 1. The second-order valence-corrected chi connectivity index (χ2v) is 24.2. The second-order valence-electron chi connectivity index (χ2n) is 17.2. The standard InChI is InChI=1S/C44H51N3O16S5/c1-43(2)38(47(24-12-26-65(51,52)53)34-20-18-30-32(41(34)43)13-9-14-36(30)66(54,55)45(5)22-10-17-40(48)49)15-7-6-8-16-39-44(3,4)42-33-27-29(67(56,57)58)28-37(68(59,60)61)31(33)19-21-35(42)46(39)23-11-25-64-63-62-50/h6-9,13-16,18-21,27-28H,10-12,17,22-26H2,1-5H3,(H4-,48,49,50,51,52,53,56,57,58,59,60,61)/p-3. The maximum Gasteiger partial charge on any atom is 0.303 e. The monoisotopic (exact) mass is 1030 g/mol. The molecule has 0 atom stereocenters. The number of nitrogens with zero attached hydrogens (tertiary/aromatic N) is 3. The Morgan fingerprint density at radius 3 is 2.15 bits per heavy atom. The first-order valence-corrected chi connectivity index (χ1v) is 27.7. The number of carbonyl (C=O) groups is 1. The third kappa shape index (κ3) is 10.9. The molecule has 2 aliphatic heterocycles. The van der Waals surface area contributed by atoms with Crippen molar-refractivity contribution in [3.05, 3.63) is 102 Å². The van der Waals surface area contributed by atoms with Gasteiger partial charge in [-0.1, -0.05) is 50.3 Å². The number of allylic oxidation sites excluding steroid dienone is 6. The zero-order valence-corrected chi connectivity index (χ0v) is 41.5. The fourth-order valence-electron chi connectivity index (χ4n) is 9.12. The van der Waals surface area contributed by atoms with Crippen LogP contribution in [-0.2, 0) is 65.4 Å². The van der Waals surface area contributed by atoms with Crippen LogP contribution in [0, 0.1) is 0 Å². The van der Waals surface area contributed by atoms with E-state index in [-0.39, 0.29) is 48.0 Å². The quantitative estimate of drug-likeness (QED) is 0.0226. The van der Waals surface area contributed by atoms with Gasteiger partial charge in [-0.25, -0.2) is 38.0 Å². The molecule has 2 heterocycles. The van der Waals surface area contributed by atoms with Crippen LogP contribution in [0.25, 0.3) is 21.5 Å². The molecule has 4 aromatic carbocycles. The van der Waals surface area contributed by atoms with Crippen molar-refractivity contribution in [3.63, 3.8) is 0 Å². The number of anilines is 1. The van der Waals surface area contributed by atoms with E-state index in [2.05, 4.69) is 9.37 Å². The van der Waals surface area contributed by atoms with E-state index in [1.165, 1.54) is 19.2 Å². The zero-order valence-electron chi connectivity index (χ0n) is 37.4. The third-order valence-electron chi connectivity index (χ3n) is 12.0. The Balaban J connectivity index is 1.42. The summed E-state index contributed by atoms with van der Waals surface area (Å²) in [4.78, 5) is 11.3. The van der Waals surface area contributed by atoms with Crippen LogP contribution < -0.4 is 10.2 Å². The summed E-state index contributed by atoms with van der Waals surface area (Å²) in [6.45, 7) is 7.87. The molecule has 4 aromatic rings. The number of hydrogen-bond donors (Lipinski definition) is 1. The Morgan fingerprint density at radius 2 is 1.50 bits per heavy atom. The highest BCUT2D eigenvalue weighted by Crippen LogP contribution is 2.52. The SMILES string of the molecule is CN(CCCC(=O)O)S(=O)(=O)c1cccc2c3c(ccc12)N(CCCS(=O)(=O)[O-])/C(=C/C=C/C=C/C1=[N+](CCCSOO[O-])c2ccc4c(S(=O)(=O)[O-])cc(S(=O)(=O)[O-])cc4c2C1(C)C)C3(C)C. The van der Waals surface area contributed by atoms with Gasteiger partial charge in [0.25, 0.3) is 0 Å². The molecule has 6 rings (SSSR count). The maximum atomic E-state index is 13.9. The van der Waals surface area contributed by atoms with Gasteiger partial charge in [-0.05, 0) is 79.4 Å². The molecule has 0 saturated heterocycles. The van der Waals surface area contributed by atoms with Crippen LogP contribution in [0.5, 0.6) is 0 Å². The number of benzene rings is 4. The first kappa shape index (κ1) is 52.8. The van der Waals surface area contributed by atoms with Crippen molar-refractivity contribution in [2.24, 2.45) is 0 Å². The van der Waals surface area contributed by atoms with Crippen molar-refractivity contribution in [1.29, 1.82) is 0 Å². The van der Waals surface area contributed by atoms with Crippen LogP contribution in [0.4, 0.5) is 11.4 Å². The summed E-state index contributed by atoms with van der Waals surface area (Å²) >= 11 is 0.772. The number of carboxylic acids is 1. The molecule has 368 valence electrons. The fraction of sp³-hybridized carbons (Fsp3) is 0.364. The summed E-state index contributed by atoms with van der Waals surface area (Å²) in [5.41, 5.74) is 1.88. The molecule has 0 saturated carbocycles. The Labute approximate surface area is 399 Å². The number of fused-ring (bicyclic) bond motifs is 6. The molecular weight excluding hydrogens is 987 g/mol. The summed E-state index contributed by atoms with van der Waals surface area (Å²) in [6.07, 6.45) is 9.08. The lowest BCUT2D eigenvalue weighted by Crippen LogP contribution is -2.28. The Hall–Kier alpha value is -4.57. The summed E-state index contributed by atoms with van der Waals surface area (Å²) in [6, 6.07) is 12.9. The molecule has 0 spiro atoms. The van der Waals surface area contributed by atoms with Gasteiger partial charge in [0.1, 0.15) is 26.8 Å². The van der Waals surface area contributed by atoms with Gasteiger partial charge in [-0.2, -0.15) is 8.91 Å². The normalized spacial score (nSPS) is 16.9. The smallest absolute Gasteiger partial charge is 0.303 e. The Bertz CT molecular complexity index is 3250. The van der Waals surface area contributed by atoms with E-state index in [0.717, 1.165) is 28.0 Å². The molecule has 24 heteroatoms. The summed E-state index contributed by atoms with van der Waals surface area (Å²) < 4.78 is 144. The van der Waals surface area contributed by atoms with Crippen molar-refractivity contribution in [2.75, 3.05) is 43.1 Å². The van der Waals surface area contributed by atoms with E-state index in [0.29, 0.717) is 63.9 Å². The van der Waals surface area contributed by atoms with E-state index in [4.69, 9.17) is 5.11 Å². The largest absolute Gasteiger partial charge is 0.748 e. The van der Waals surface area contributed by atoms with Gasteiger partial charge in [0.05, 0.1) is 30.2 Å². The van der Waals surface area contributed by atoms with Crippen molar-refractivity contribution in [1.82, 2.24) is 4.31 Å². The second kappa shape index (κ2) is 20.0. The topological polar surface area (TPSA) is 294 Å². The van der Waals surface area contributed by atoms with Crippen LogP contribution in [-0.4, -0.2) is 111 Å². The first-order chi connectivity index (χ1) is 31.6. The minimum Gasteiger partial charge on any atom is -0.748 e. The molecule has 0 aliphatic carbocycles. The molecule has 0 radical (unpaired) electrons. The van der Waals surface area contributed by atoms with Crippen LogP contribution in [0.3, 0.4) is 0 Å². The van der Waals surface area contributed by atoms with Gasteiger partial charge in [0.15, 0.2) is 5.71 Å². The molecule has 1 N–H and O–H groups in total. The molecule has 0 fully saturated rings. The molecular formula is C44H48N3O16S5-3. The summed E-state index contributed by atoms with van der Waals surface area (Å²) in [5.74, 6) is -1.37. The molecule has 2 aliphatic rings. The lowest BCUT2D eigenvalue weighted by atomic mass is 9.79. The average molecular weight is 1040 g/mol. The molecule has 0 aromatic heterocycles. The van der Waals surface area contributed by atoms with Crippen LogP contribution >= 0.6 is 12.0 Å². The van der Waals surface area contributed by atoms with Crippen LogP contribution in [0.1, 0.15) is 64.5 Å². The van der Waals surface area contributed by atoms with Crippen molar-refractivity contribution in [2.45, 2.75) is 78.9 Å². The van der Waals surface area contributed by atoms with E-state index < -0.39 is 72.7 Å². The highest BCUT2D eigenvalue weighted by atomic mass is 32.2. The molecule has 19 nitrogen and oxygen atoms in total. The van der Waals surface area contributed by atoms with E-state index >= 15 is 0 Å². The minimum atomic E-state index is -5.26. The van der Waals surface area contributed by atoms with Gasteiger partial charge in [0.2, 0.25) is 15.7 Å². The van der Waals surface area contributed by atoms with Crippen LogP contribution in [0.2, 0.25) is 0 Å². The van der Waals surface area contributed by atoms with Gasteiger partial charge < -0.3 is 28.9 Å². The zero-order chi connectivity index (χ0) is 50.2. The number of carboxylic acid groups (broad SMARTS) is 1. The lowest BCUT2D eigenvalue weighted by molar-refractivity contribution is -0.777. The van der Waals surface area contributed by atoms with Crippen molar-refractivity contribution < 1.29 is 76.4 Å².